The van der Waals surface area contributed by atoms with Gasteiger partial charge in [-0.15, -0.1) is 0 Å². The molecule has 1 atom stereocenters. The first-order chi connectivity index (χ1) is 28.3. The van der Waals surface area contributed by atoms with Crippen LogP contribution in [-0.4, -0.2) is 120 Å². The third kappa shape index (κ3) is 7.53. The number of nitrogens with one attached hydrogen (secondary N) is 1. The largest absolute Gasteiger partial charge is 0.474 e. The van der Waals surface area contributed by atoms with E-state index in [1.54, 1.807) is 18.2 Å². The Kier molecular flexibility index (Phi) is 10.6. The molecule has 4 amide bonds. The molecule has 5 aromatic rings. The number of aryl methyl sites for hydroxylation is 1. The second kappa shape index (κ2) is 16.3. The number of aromatic nitrogens is 3. The van der Waals surface area contributed by atoms with Gasteiger partial charge in [0.05, 0.1) is 68.5 Å². The van der Waals surface area contributed by atoms with Gasteiger partial charge in [-0.25, -0.2) is 4.98 Å². The van der Waals surface area contributed by atoms with Crippen molar-refractivity contribution >= 4 is 51.1 Å². The van der Waals surface area contributed by atoms with E-state index in [1.165, 1.54) is 5.39 Å². The van der Waals surface area contributed by atoms with Gasteiger partial charge in [-0.1, -0.05) is 12.1 Å². The first kappa shape index (κ1) is 37.8. The van der Waals surface area contributed by atoms with Crippen LogP contribution in [0.4, 0.5) is 5.69 Å². The monoisotopic (exact) mass is 788 g/mol. The summed E-state index contributed by atoms with van der Waals surface area (Å²) >= 11 is 0. The number of nitrogens with zero attached hydrogens (tertiary/aromatic N) is 5. The first-order valence-electron chi connectivity index (χ1n) is 19.7. The second-order valence-electron chi connectivity index (χ2n) is 15.1. The highest BCUT2D eigenvalue weighted by Crippen LogP contribution is 2.34. The molecule has 9 rings (SSSR count). The molecule has 1 N–H and O–H groups in total. The minimum absolute atomic E-state index is 0.0250. The topological polar surface area (TPSA) is 164 Å². The van der Waals surface area contributed by atoms with Crippen molar-refractivity contribution in [2.45, 2.75) is 50.0 Å². The van der Waals surface area contributed by atoms with Crippen molar-refractivity contribution in [1.82, 2.24) is 24.8 Å². The number of piperidine rings is 1. The maximum atomic E-state index is 13.1. The molecule has 0 radical (unpaired) electrons. The molecule has 58 heavy (non-hydrogen) atoms. The lowest BCUT2D eigenvalue weighted by Gasteiger charge is -2.40. The summed E-state index contributed by atoms with van der Waals surface area (Å²) in [5.74, 6) is -1.44. The number of rotatable bonds is 16. The molecule has 6 heterocycles. The molecule has 2 aromatic carbocycles. The molecule has 0 spiro atoms. The van der Waals surface area contributed by atoms with Crippen molar-refractivity contribution in [1.29, 1.82) is 0 Å². The number of imide groups is 2. The summed E-state index contributed by atoms with van der Waals surface area (Å²) in [5.41, 5.74) is 5.78. The van der Waals surface area contributed by atoms with E-state index in [0.717, 1.165) is 51.0 Å². The number of ether oxygens (including phenoxy) is 5. The number of carbonyl (C=O) groups excluding carboxylic acids is 4. The van der Waals surface area contributed by atoms with E-state index in [9.17, 15) is 19.2 Å². The Morgan fingerprint density at radius 1 is 0.724 bits per heavy atom. The number of amides is 4. The summed E-state index contributed by atoms with van der Waals surface area (Å²) in [6.07, 6.45) is 7.70. The molecule has 1 aliphatic carbocycles. The van der Waals surface area contributed by atoms with Crippen LogP contribution in [-0.2, 0) is 35.6 Å². The summed E-state index contributed by atoms with van der Waals surface area (Å²) in [4.78, 5) is 61.8. The predicted molar refractivity (Wildman–Crippen MR) is 212 cm³/mol. The highest BCUT2D eigenvalue weighted by atomic mass is 16.6. The number of pyridine rings is 2. The second-order valence-corrected chi connectivity index (χ2v) is 15.1. The Bertz CT molecular complexity index is 2370. The molecule has 2 saturated heterocycles. The average molecular weight is 789 g/mol. The van der Waals surface area contributed by atoms with E-state index in [0.29, 0.717) is 58.6 Å². The van der Waals surface area contributed by atoms with Gasteiger partial charge in [0.25, 0.3) is 11.8 Å². The third-order valence-corrected chi connectivity index (χ3v) is 11.4. The quantitative estimate of drug-likeness (QED) is 0.113. The lowest BCUT2D eigenvalue weighted by molar-refractivity contribution is -0.136. The van der Waals surface area contributed by atoms with Gasteiger partial charge in [-0.2, -0.15) is 0 Å². The van der Waals surface area contributed by atoms with E-state index in [2.05, 4.69) is 50.0 Å². The Morgan fingerprint density at radius 2 is 1.47 bits per heavy atom. The number of benzene rings is 2. The van der Waals surface area contributed by atoms with Crippen LogP contribution in [0.5, 0.6) is 5.88 Å². The van der Waals surface area contributed by atoms with Crippen molar-refractivity contribution in [2.24, 2.45) is 7.05 Å². The van der Waals surface area contributed by atoms with Crippen LogP contribution in [0.3, 0.4) is 0 Å². The van der Waals surface area contributed by atoms with E-state index in [1.807, 2.05) is 36.8 Å². The lowest BCUT2D eigenvalue weighted by Crippen LogP contribution is -2.54. The van der Waals surface area contributed by atoms with Gasteiger partial charge in [-0.05, 0) is 48.4 Å². The third-order valence-electron chi connectivity index (χ3n) is 11.4. The summed E-state index contributed by atoms with van der Waals surface area (Å²) in [5, 5.41) is 4.55. The van der Waals surface area contributed by atoms with Gasteiger partial charge in [0, 0.05) is 91.6 Å². The zero-order chi connectivity index (χ0) is 39.8. The summed E-state index contributed by atoms with van der Waals surface area (Å²) in [6, 6.07) is 16.6. The van der Waals surface area contributed by atoms with Gasteiger partial charge in [-0.3, -0.25) is 34.4 Å². The average Bonchev–Trinajstić information content (AvgIpc) is 3.63. The first-order valence-corrected chi connectivity index (χ1v) is 19.7. The normalized spacial score (nSPS) is 20.7. The predicted octanol–water partition coefficient (Wildman–Crippen LogP) is 4.05. The molecular formula is C43H44N6O9. The van der Waals surface area contributed by atoms with E-state index in [4.69, 9.17) is 23.7 Å². The maximum absolute atomic E-state index is 13.1. The Morgan fingerprint density at radius 3 is 2.22 bits per heavy atom. The fraction of sp³-hybridized carbons (Fsp3) is 0.395. The van der Waals surface area contributed by atoms with Gasteiger partial charge in [0.15, 0.2) is 0 Å². The summed E-state index contributed by atoms with van der Waals surface area (Å²) < 4.78 is 31.5. The number of hydrogen-bond acceptors (Lipinski definition) is 12. The minimum atomic E-state index is -0.982. The number of carbonyl (C=O) groups is 4. The van der Waals surface area contributed by atoms with Crippen molar-refractivity contribution in [3.05, 3.63) is 84.3 Å². The van der Waals surface area contributed by atoms with Crippen LogP contribution in [0.25, 0.3) is 32.9 Å². The fourth-order valence-corrected chi connectivity index (χ4v) is 8.05. The van der Waals surface area contributed by atoms with Crippen LogP contribution in [0.1, 0.15) is 46.4 Å². The van der Waals surface area contributed by atoms with Crippen LogP contribution in [0.15, 0.2) is 73.2 Å². The number of fused-ring (bicyclic) bond motifs is 4. The lowest BCUT2D eigenvalue weighted by atomic mass is 9.92. The molecule has 15 nitrogen and oxygen atoms in total. The van der Waals surface area contributed by atoms with E-state index < -0.39 is 29.7 Å². The Balaban J connectivity index is 0.605. The molecule has 3 fully saturated rings. The molecule has 0 unspecified atom stereocenters. The van der Waals surface area contributed by atoms with Crippen molar-refractivity contribution < 1.29 is 42.9 Å². The fourth-order valence-electron chi connectivity index (χ4n) is 8.05. The van der Waals surface area contributed by atoms with Crippen molar-refractivity contribution in [2.75, 3.05) is 57.6 Å². The Labute approximate surface area is 334 Å². The molecule has 15 heteroatoms. The highest BCUT2D eigenvalue weighted by molar-refractivity contribution is 6.23. The van der Waals surface area contributed by atoms with Crippen molar-refractivity contribution in [3.8, 4) is 17.0 Å². The minimum Gasteiger partial charge on any atom is -0.474 e. The van der Waals surface area contributed by atoms with E-state index >= 15 is 0 Å². The molecule has 300 valence electrons. The van der Waals surface area contributed by atoms with E-state index in [-0.39, 0.29) is 42.3 Å². The highest BCUT2D eigenvalue weighted by Gasteiger charge is 2.45. The van der Waals surface area contributed by atoms with Crippen molar-refractivity contribution in [3.63, 3.8) is 0 Å². The smallest absolute Gasteiger partial charge is 0.262 e. The molecule has 3 aliphatic heterocycles. The standard InChI is InChI=1S/C43H44N6O9/c1-47-36-10-11-44-23-35(36)32-5-2-26(18-38(32)47)27-3-9-40(45-22-27)58-30-20-29(21-30)56-16-14-54-12-13-55-15-17-57-31-24-48(25-31)28-4-6-33-34(19-28)43(53)49(42(33)52)37-7-8-39(50)46-41(37)51/h2-6,9-11,18-19,22-23,29-31,37H,7-8,12-17,20-21,24-25H2,1H3,(H,46,50,51)/t29?,30?,37-/m1/s1. The van der Waals surface area contributed by atoms with Gasteiger partial charge in [0.1, 0.15) is 12.1 Å². The van der Waals surface area contributed by atoms with Gasteiger partial charge < -0.3 is 33.2 Å². The zero-order valence-electron chi connectivity index (χ0n) is 32.1. The summed E-state index contributed by atoms with van der Waals surface area (Å²) in [6.45, 7) is 4.10. The number of hydrogen-bond donors (Lipinski definition) is 1. The Hall–Kier alpha value is -5.74. The molecule has 4 aliphatic rings. The van der Waals surface area contributed by atoms with Crippen LogP contribution in [0.2, 0.25) is 0 Å². The maximum Gasteiger partial charge on any atom is 0.262 e. The van der Waals surface area contributed by atoms with Crippen LogP contribution < -0.4 is 15.0 Å². The van der Waals surface area contributed by atoms with Gasteiger partial charge in [0.2, 0.25) is 17.7 Å². The molecule has 0 bridgehead atoms. The van der Waals surface area contributed by atoms with Crippen LogP contribution in [0, 0.1) is 0 Å². The zero-order valence-corrected chi connectivity index (χ0v) is 32.1. The SMILES string of the molecule is Cn1c2ccncc2c2ccc(-c3ccc(OC4CC(OCCOCCOCCOC5CN(c6ccc7c(c6)C(=O)N([C@@H]6CCC(=O)NC6=O)C7=O)C5)C4)nc3)cc21. The summed E-state index contributed by atoms with van der Waals surface area (Å²) in [7, 11) is 2.08. The van der Waals surface area contributed by atoms with Gasteiger partial charge >= 0.3 is 0 Å². The van der Waals surface area contributed by atoms with Crippen LogP contribution >= 0.6 is 0 Å². The molecule has 1 saturated carbocycles. The molecule has 3 aromatic heterocycles. The molecular weight excluding hydrogens is 745 g/mol. The number of anilines is 1.